The van der Waals surface area contributed by atoms with Gasteiger partial charge >= 0.3 is 11.4 Å². The highest BCUT2D eigenvalue weighted by Gasteiger charge is 2.30. The molecule has 36 heavy (non-hydrogen) atoms. The van der Waals surface area contributed by atoms with Crippen molar-refractivity contribution in [1.82, 2.24) is 9.38 Å². The fourth-order valence-corrected chi connectivity index (χ4v) is 3.84. The predicted molar refractivity (Wildman–Crippen MR) is 133 cm³/mol. The summed E-state index contributed by atoms with van der Waals surface area (Å²) in [7, 11) is 0. The lowest BCUT2D eigenvalue weighted by Crippen LogP contribution is -1.97. The van der Waals surface area contributed by atoms with Crippen molar-refractivity contribution in [3.63, 3.8) is 0 Å². The third kappa shape index (κ3) is 5.19. The maximum Gasteiger partial charge on any atom is 0.324 e. The summed E-state index contributed by atoms with van der Waals surface area (Å²) in [5.74, 6) is -1.21. The fraction of sp³-hybridized carbons (Fsp3) is 0.136. The number of benzene rings is 2. The zero-order valence-electron chi connectivity index (χ0n) is 18.9. The highest BCUT2D eigenvalue weighted by molar-refractivity contribution is 6.36. The Bertz CT molecular complexity index is 1520. The topological polar surface area (TPSA) is 167 Å². The Balaban J connectivity index is 0.000000207. The number of imidazole rings is 1. The van der Waals surface area contributed by atoms with Gasteiger partial charge in [-0.25, -0.2) is 4.98 Å². The molecule has 0 saturated heterocycles. The van der Waals surface area contributed by atoms with Crippen LogP contribution in [-0.2, 0) is 0 Å². The molecule has 2 aromatic heterocycles. The average Bonchev–Trinajstić information content (AvgIpc) is 3.12. The molecule has 186 valence electrons. The van der Waals surface area contributed by atoms with Crippen molar-refractivity contribution >= 4 is 45.9 Å². The highest BCUT2D eigenvalue weighted by Crippen LogP contribution is 2.39. The molecule has 14 heteroatoms. The Kier molecular flexibility index (Phi) is 7.41. The Morgan fingerprint density at radius 3 is 1.94 bits per heavy atom. The highest BCUT2D eigenvalue weighted by atomic mass is 35.5. The van der Waals surface area contributed by atoms with Gasteiger partial charge in [-0.2, -0.15) is 0 Å². The Hall–Kier alpha value is -4.29. The molecule has 0 bridgehead atoms. The number of halogens is 2. The number of pyridine rings is 1. The first kappa shape index (κ1) is 26.3. The Morgan fingerprint density at radius 2 is 1.44 bits per heavy atom. The molecule has 2 heterocycles. The van der Waals surface area contributed by atoms with Crippen LogP contribution in [0.3, 0.4) is 0 Å². The fourth-order valence-electron chi connectivity index (χ4n) is 3.32. The summed E-state index contributed by atoms with van der Waals surface area (Å²) in [4.78, 5) is 32.4. The standard InChI is InChI=1S/C16H14Cl2N2.C6H3N3O7/c1-9-4-5-12(6-10(9)2)15-11(3)20-8-13(17)7-14(18)16(20)19-15;10-6-4(8(13)14)1-3(7(11)12)2-5(6)9(15)16/h4-8H,1-3H3;1-2,10H. The zero-order chi connectivity index (χ0) is 26.9. The molecule has 0 amide bonds. The van der Waals surface area contributed by atoms with Gasteiger partial charge in [0.05, 0.1) is 42.6 Å². The second kappa shape index (κ2) is 10.1. The maximum absolute atomic E-state index is 10.4. The molecule has 0 aliphatic heterocycles. The molecule has 0 unspecified atom stereocenters. The van der Waals surface area contributed by atoms with Gasteiger partial charge in [-0.3, -0.25) is 30.3 Å². The minimum atomic E-state index is -1.21. The molecule has 4 aromatic rings. The summed E-state index contributed by atoms with van der Waals surface area (Å²) >= 11 is 12.3. The Labute approximate surface area is 212 Å². The first-order valence-electron chi connectivity index (χ1n) is 10.0. The van der Waals surface area contributed by atoms with Crippen LogP contribution in [-0.4, -0.2) is 29.3 Å². The lowest BCUT2D eigenvalue weighted by molar-refractivity contribution is -0.404. The van der Waals surface area contributed by atoms with Crippen LogP contribution in [0, 0.1) is 51.1 Å². The van der Waals surface area contributed by atoms with Gasteiger partial charge in [0, 0.05) is 17.5 Å². The number of aromatic hydroxyl groups is 1. The predicted octanol–water partition coefficient (Wildman–Crippen LogP) is 6.35. The van der Waals surface area contributed by atoms with E-state index >= 15 is 0 Å². The molecule has 0 atom stereocenters. The second-order valence-electron chi connectivity index (χ2n) is 7.65. The smallest absolute Gasteiger partial charge is 0.324 e. The van der Waals surface area contributed by atoms with Gasteiger partial charge in [0.15, 0.2) is 5.65 Å². The van der Waals surface area contributed by atoms with E-state index in [-0.39, 0.29) is 0 Å². The minimum absolute atomic E-state index is 0.447. The molecular formula is C22H17Cl2N5O7. The summed E-state index contributed by atoms with van der Waals surface area (Å²) in [6, 6.07) is 8.97. The van der Waals surface area contributed by atoms with Gasteiger partial charge in [0.1, 0.15) is 0 Å². The number of fused-ring (bicyclic) bond motifs is 1. The largest absolute Gasteiger partial charge is 0.497 e. The number of nitro groups is 3. The molecule has 0 radical (unpaired) electrons. The average molecular weight is 534 g/mol. The third-order valence-corrected chi connectivity index (χ3v) is 5.80. The van der Waals surface area contributed by atoms with Crippen molar-refractivity contribution in [2.45, 2.75) is 20.8 Å². The van der Waals surface area contributed by atoms with E-state index < -0.39 is 37.6 Å². The number of aromatic nitrogens is 2. The SMILES string of the molecule is Cc1ccc(-c2nc3c(Cl)cc(Cl)cn3c2C)cc1C.O=[N+]([O-])c1cc([N+](=O)[O-])c(O)c([N+](=O)[O-])c1. The number of nitro benzene ring substituents is 3. The van der Waals surface area contributed by atoms with Crippen molar-refractivity contribution in [3.05, 3.63) is 99.8 Å². The minimum Gasteiger partial charge on any atom is -0.497 e. The van der Waals surface area contributed by atoms with E-state index in [1.807, 2.05) is 17.5 Å². The van der Waals surface area contributed by atoms with Gasteiger partial charge < -0.3 is 9.51 Å². The third-order valence-electron chi connectivity index (χ3n) is 5.32. The molecule has 0 saturated carbocycles. The van der Waals surface area contributed by atoms with E-state index in [1.165, 1.54) is 11.1 Å². The van der Waals surface area contributed by atoms with Gasteiger partial charge in [-0.15, -0.1) is 0 Å². The molecule has 2 aromatic carbocycles. The molecule has 4 rings (SSSR count). The van der Waals surface area contributed by atoms with Crippen molar-refractivity contribution < 1.29 is 19.9 Å². The van der Waals surface area contributed by atoms with E-state index in [1.54, 1.807) is 6.07 Å². The number of hydrogen-bond donors (Lipinski definition) is 1. The molecule has 1 N–H and O–H groups in total. The zero-order valence-corrected chi connectivity index (χ0v) is 20.4. The van der Waals surface area contributed by atoms with Crippen LogP contribution in [0.5, 0.6) is 5.75 Å². The normalized spacial score (nSPS) is 10.6. The van der Waals surface area contributed by atoms with Gasteiger partial charge in [-0.05, 0) is 44.0 Å². The number of phenolic OH excluding ortho intramolecular Hbond substituents is 1. The number of rotatable bonds is 4. The first-order chi connectivity index (χ1) is 16.8. The number of non-ortho nitro benzene ring substituents is 1. The molecule has 0 fully saturated rings. The van der Waals surface area contributed by atoms with Crippen molar-refractivity contribution in [1.29, 1.82) is 0 Å². The lowest BCUT2D eigenvalue weighted by atomic mass is 10.0. The number of nitrogens with zero attached hydrogens (tertiary/aromatic N) is 5. The van der Waals surface area contributed by atoms with Crippen molar-refractivity contribution in [2.75, 3.05) is 0 Å². The van der Waals surface area contributed by atoms with Crippen LogP contribution in [0.4, 0.5) is 17.1 Å². The molecule has 0 aliphatic rings. The van der Waals surface area contributed by atoms with Crippen LogP contribution in [0.2, 0.25) is 10.0 Å². The van der Waals surface area contributed by atoms with Gasteiger partial charge in [-0.1, -0.05) is 35.3 Å². The van der Waals surface area contributed by atoms with E-state index in [2.05, 4.69) is 37.0 Å². The van der Waals surface area contributed by atoms with E-state index in [4.69, 9.17) is 28.3 Å². The van der Waals surface area contributed by atoms with Crippen LogP contribution >= 0.6 is 23.2 Å². The summed E-state index contributed by atoms with van der Waals surface area (Å²) in [6.07, 6.45) is 1.84. The quantitative estimate of drug-likeness (QED) is 0.233. The van der Waals surface area contributed by atoms with Crippen LogP contribution in [0.15, 0.2) is 42.6 Å². The first-order valence-corrected chi connectivity index (χ1v) is 10.8. The number of phenols is 1. The van der Waals surface area contributed by atoms with E-state index in [0.29, 0.717) is 22.2 Å². The Morgan fingerprint density at radius 1 is 0.861 bits per heavy atom. The molecule has 0 spiro atoms. The summed E-state index contributed by atoms with van der Waals surface area (Å²) in [5.41, 5.74) is 3.34. The summed E-state index contributed by atoms with van der Waals surface area (Å²) < 4.78 is 1.94. The lowest BCUT2D eigenvalue weighted by Gasteiger charge is -2.04. The van der Waals surface area contributed by atoms with Gasteiger partial charge in [0.2, 0.25) is 0 Å². The van der Waals surface area contributed by atoms with Crippen LogP contribution in [0.25, 0.3) is 16.9 Å². The molecule has 0 aliphatic carbocycles. The van der Waals surface area contributed by atoms with Crippen molar-refractivity contribution in [3.8, 4) is 17.0 Å². The maximum atomic E-state index is 10.4. The van der Waals surface area contributed by atoms with Crippen LogP contribution < -0.4 is 0 Å². The molecule has 12 nitrogen and oxygen atoms in total. The van der Waals surface area contributed by atoms with Crippen molar-refractivity contribution in [2.24, 2.45) is 0 Å². The van der Waals surface area contributed by atoms with Gasteiger partial charge in [0.25, 0.3) is 11.4 Å². The van der Waals surface area contributed by atoms with E-state index in [9.17, 15) is 30.3 Å². The molecular weight excluding hydrogens is 517 g/mol. The summed E-state index contributed by atoms with van der Waals surface area (Å²) in [5, 5.41) is 41.4. The second-order valence-corrected chi connectivity index (χ2v) is 8.49. The van der Waals surface area contributed by atoms with Crippen LogP contribution in [0.1, 0.15) is 16.8 Å². The summed E-state index contributed by atoms with van der Waals surface area (Å²) in [6.45, 7) is 6.23. The number of hydrogen-bond acceptors (Lipinski definition) is 8. The monoisotopic (exact) mass is 533 g/mol. The van der Waals surface area contributed by atoms with E-state index in [0.717, 1.165) is 22.6 Å². The number of aryl methyl sites for hydroxylation is 3.